The standard InChI is InChI=1S/C17H26ClN3O2/c1-12(2)20-17(23)14-9-8-13(18)11-15(14)21-16(22)7-5-3-4-6-10-19/h8-9,11-12H,3-7,10,19H2,1-2H3,(H,20,23)(H,21,22). The minimum atomic E-state index is -0.227. The normalized spacial score (nSPS) is 10.7. The molecule has 0 heterocycles. The van der Waals surface area contributed by atoms with Crippen LogP contribution in [-0.4, -0.2) is 24.4 Å². The van der Waals surface area contributed by atoms with Gasteiger partial charge in [-0.15, -0.1) is 0 Å². The maximum absolute atomic E-state index is 12.2. The van der Waals surface area contributed by atoms with Gasteiger partial charge in [-0.2, -0.15) is 0 Å². The highest BCUT2D eigenvalue weighted by molar-refractivity contribution is 6.31. The number of unbranched alkanes of at least 4 members (excludes halogenated alkanes) is 3. The average Bonchev–Trinajstić information content (AvgIpc) is 2.46. The zero-order valence-corrected chi connectivity index (χ0v) is 14.6. The first kappa shape index (κ1) is 19.5. The van der Waals surface area contributed by atoms with Crippen LogP contribution < -0.4 is 16.4 Å². The van der Waals surface area contributed by atoms with Gasteiger partial charge in [0.1, 0.15) is 0 Å². The van der Waals surface area contributed by atoms with Gasteiger partial charge in [0.25, 0.3) is 5.91 Å². The lowest BCUT2D eigenvalue weighted by molar-refractivity contribution is -0.116. The quantitative estimate of drug-likeness (QED) is 0.603. The third-order valence-corrected chi connectivity index (χ3v) is 3.51. The Balaban J connectivity index is 2.65. The fraction of sp³-hybridized carbons (Fsp3) is 0.529. The highest BCUT2D eigenvalue weighted by Crippen LogP contribution is 2.22. The predicted octanol–water partition coefficient (Wildman–Crippen LogP) is 3.33. The van der Waals surface area contributed by atoms with E-state index in [0.717, 1.165) is 25.7 Å². The van der Waals surface area contributed by atoms with Gasteiger partial charge in [-0.3, -0.25) is 9.59 Å². The highest BCUT2D eigenvalue weighted by Gasteiger charge is 2.14. The zero-order valence-electron chi connectivity index (χ0n) is 13.8. The monoisotopic (exact) mass is 339 g/mol. The van der Waals surface area contributed by atoms with Crippen molar-refractivity contribution < 1.29 is 9.59 Å². The number of anilines is 1. The van der Waals surface area contributed by atoms with Crippen molar-refractivity contribution in [1.82, 2.24) is 5.32 Å². The van der Waals surface area contributed by atoms with E-state index < -0.39 is 0 Å². The van der Waals surface area contributed by atoms with E-state index in [1.54, 1.807) is 18.2 Å². The minimum Gasteiger partial charge on any atom is -0.350 e. The summed E-state index contributed by atoms with van der Waals surface area (Å²) in [5.41, 5.74) is 6.30. The Kier molecular flexibility index (Phi) is 8.66. The van der Waals surface area contributed by atoms with Crippen LogP contribution in [-0.2, 0) is 4.79 Å². The maximum Gasteiger partial charge on any atom is 0.253 e. The van der Waals surface area contributed by atoms with E-state index >= 15 is 0 Å². The number of amides is 2. The molecular weight excluding hydrogens is 314 g/mol. The lowest BCUT2D eigenvalue weighted by Crippen LogP contribution is -2.31. The van der Waals surface area contributed by atoms with Crippen molar-refractivity contribution in [1.29, 1.82) is 0 Å². The first-order valence-electron chi connectivity index (χ1n) is 8.04. The van der Waals surface area contributed by atoms with E-state index in [9.17, 15) is 9.59 Å². The van der Waals surface area contributed by atoms with Crippen LogP contribution >= 0.6 is 11.6 Å². The summed E-state index contributed by atoms with van der Waals surface area (Å²) in [6, 6.07) is 4.88. The number of halogens is 1. The predicted molar refractivity (Wildman–Crippen MR) is 94.8 cm³/mol. The smallest absolute Gasteiger partial charge is 0.253 e. The number of carbonyl (C=O) groups is 2. The molecule has 0 unspecified atom stereocenters. The van der Waals surface area contributed by atoms with Crippen molar-refractivity contribution in [2.75, 3.05) is 11.9 Å². The Labute approximate surface area is 143 Å². The van der Waals surface area contributed by atoms with Gasteiger partial charge in [-0.05, 0) is 51.4 Å². The molecule has 0 aliphatic rings. The van der Waals surface area contributed by atoms with Crippen molar-refractivity contribution in [3.63, 3.8) is 0 Å². The van der Waals surface area contributed by atoms with Crippen LogP contribution in [0.1, 0.15) is 56.3 Å². The topological polar surface area (TPSA) is 84.2 Å². The van der Waals surface area contributed by atoms with Crippen LogP contribution in [0, 0.1) is 0 Å². The van der Waals surface area contributed by atoms with Crippen molar-refractivity contribution in [3.05, 3.63) is 28.8 Å². The third-order valence-electron chi connectivity index (χ3n) is 3.28. The molecule has 2 amide bonds. The number of nitrogens with one attached hydrogen (secondary N) is 2. The van der Waals surface area contributed by atoms with E-state index in [2.05, 4.69) is 10.6 Å². The molecule has 6 heteroatoms. The van der Waals surface area contributed by atoms with Crippen LogP contribution in [0.4, 0.5) is 5.69 Å². The number of carbonyl (C=O) groups excluding carboxylic acids is 2. The fourth-order valence-electron chi connectivity index (χ4n) is 2.15. The molecule has 1 aromatic rings. The van der Waals surface area contributed by atoms with Crippen molar-refractivity contribution in [3.8, 4) is 0 Å². The van der Waals surface area contributed by atoms with Crippen LogP contribution in [0.5, 0.6) is 0 Å². The summed E-state index contributed by atoms with van der Waals surface area (Å²) in [6.45, 7) is 4.45. The van der Waals surface area contributed by atoms with Crippen molar-refractivity contribution in [2.45, 2.75) is 52.0 Å². The molecule has 0 fully saturated rings. The molecule has 0 spiro atoms. The van der Waals surface area contributed by atoms with Gasteiger partial charge in [0, 0.05) is 17.5 Å². The lowest BCUT2D eigenvalue weighted by atomic mass is 10.1. The van der Waals surface area contributed by atoms with Gasteiger partial charge in [0.15, 0.2) is 0 Å². The summed E-state index contributed by atoms with van der Waals surface area (Å²) < 4.78 is 0. The molecule has 1 rings (SSSR count). The molecule has 0 aliphatic heterocycles. The van der Waals surface area contributed by atoms with Crippen LogP contribution in [0.2, 0.25) is 5.02 Å². The third kappa shape index (κ3) is 7.48. The van der Waals surface area contributed by atoms with Gasteiger partial charge in [0.05, 0.1) is 11.3 Å². The first-order valence-corrected chi connectivity index (χ1v) is 8.42. The summed E-state index contributed by atoms with van der Waals surface area (Å²) in [5.74, 6) is -0.339. The van der Waals surface area contributed by atoms with E-state index in [4.69, 9.17) is 17.3 Å². The Hall–Kier alpha value is -1.59. The fourth-order valence-corrected chi connectivity index (χ4v) is 2.33. The van der Waals surface area contributed by atoms with E-state index in [1.807, 2.05) is 13.8 Å². The van der Waals surface area contributed by atoms with Crippen molar-refractivity contribution >= 4 is 29.1 Å². The Morgan fingerprint density at radius 3 is 2.52 bits per heavy atom. The van der Waals surface area contributed by atoms with Gasteiger partial charge in [-0.1, -0.05) is 24.4 Å². The molecule has 23 heavy (non-hydrogen) atoms. The Morgan fingerprint density at radius 1 is 1.17 bits per heavy atom. The molecule has 4 N–H and O–H groups in total. The molecule has 1 aromatic carbocycles. The largest absolute Gasteiger partial charge is 0.350 e. The molecule has 0 atom stereocenters. The maximum atomic E-state index is 12.2. The van der Waals surface area contributed by atoms with Gasteiger partial charge in [-0.25, -0.2) is 0 Å². The van der Waals surface area contributed by atoms with Gasteiger partial charge in [0.2, 0.25) is 5.91 Å². The second-order valence-corrected chi connectivity index (χ2v) is 6.26. The lowest BCUT2D eigenvalue weighted by Gasteiger charge is -2.13. The van der Waals surface area contributed by atoms with Gasteiger partial charge >= 0.3 is 0 Å². The first-order chi connectivity index (χ1) is 10.9. The number of rotatable bonds is 9. The summed E-state index contributed by atoms with van der Waals surface area (Å²) in [6.07, 6.45) is 4.21. The average molecular weight is 340 g/mol. The molecule has 128 valence electrons. The summed E-state index contributed by atoms with van der Waals surface area (Å²) >= 11 is 5.98. The molecule has 0 aromatic heterocycles. The number of hydrogen-bond donors (Lipinski definition) is 3. The Morgan fingerprint density at radius 2 is 1.87 bits per heavy atom. The van der Waals surface area contributed by atoms with E-state index in [1.165, 1.54) is 0 Å². The molecule has 0 saturated carbocycles. The zero-order chi connectivity index (χ0) is 17.2. The second-order valence-electron chi connectivity index (χ2n) is 5.82. The SMILES string of the molecule is CC(C)NC(=O)c1ccc(Cl)cc1NC(=O)CCCCCCN. The molecule has 0 aliphatic carbocycles. The minimum absolute atomic E-state index is 0.0178. The second kappa shape index (κ2) is 10.2. The van der Waals surface area contributed by atoms with Gasteiger partial charge < -0.3 is 16.4 Å². The number of benzene rings is 1. The van der Waals surface area contributed by atoms with E-state index in [-0.39, 0.29) is 17.9 Å². The molecule has 5 nitrogen and oxygen atoms in total. The van der Waals surface area contributed by atoms with Crippen LogP contribution in [0.25, 0.3) is 0 Å². The van der Waals surface area contributed by atoms with Crippen LogP contribution in [0.15, 0.2) is 18.2 Å². The highest BCUT2D eigenvalue weighted by atomic mass is 35.5. The molecule has 0 bridgehead atoms. The van der Waals surface area contributed by atoms with E-state index in [0.29, 0.717) is 29.2 Å². The van der Waals surface area contributed by atoms with Crippen LogP contribution in [0.3, 0.4) is 0 Å². The summed E-state index contributed by atoms with van der Waals surface area (Å²) in [4.78, 5) is 24.2. The Bertz CT molecular complexity index is 533. The molecule has 0 saturated heterocycles. The van der Waals surface area contributed by atoms with Crippen molar-refractivity contribution in [2.24, 2.45) is 5.73 Å². The number of hydrogen-bond acceptors (Lipinski definition) is 3. The number of nitrogens with two attached hydrogens (primary N) is 1. The molecule has 0 radical (unpaired) electrons. The summed E-state index contributed by atoms with van der Waals surface area (Å²) in [5, 5.41) is 6.08. The molecular formula is C17H26ClN3O2. The summed E-state index contributed by atoms with van der Waals surface area (Å²) in [7, 11) is 0.